The zero-order valence-electron chi connectivity index (χ0n) is 13.5. The Morgan fingerprint density at radius 2 is 2.00 bits per heavy atom. The number of nitrogens with zero attached hydrogens (tertiary/aromatic N) is 1. The molecule has 0 aromatic heterocycles. The van der Waals surface area contributed by atoms with Gasteiger partial charge in [-0.25, -0.2) is 0 Å². The Kier molecular flexibility index (Phi) is 4.86. The minimum absolute atomic E-state index is 0.111. The molecule has 5 heteroatoms. The van der Waals surface area contributed by atoms with Gasteiger partial charge >= 0.3 is 0 Å². The van der Waals surface area contributed by atoms with E-state index in [4.69, 9.17) is 11.6 Å². The highest BCUT2D eigenvalue weighted by Crippen LogP contribution is 2.23. The normalized spacial score (nSPS) is 15.4. The summed E-state index contributed by atoms with van der Waals surface area (Å²) in [5.41, 5.74) is 2.27. The van der Waals surface area contributed by atoms with Crippen LogP contribution in [0.5, 0.6) is 0 Å². The first-order valence-corrected chi connectivity index (χ1v) is 8.39. The molecule has 0 unspecified atom stereocenters. The van der Waals surface area contributed by atoms with Gasteiger partial charge in [0, 0.05) is 29.2 Å². The molecule has 3 rings (SSSR count). The second kappa shape index (κ2) is 7.05. The van der Waals surface area contributed by atoms with Gasteiger partial charge in [-0.1, -0.05) is 29.8 Å². The first-order chi connectivity index (χ1) is 11.5. The van der Waals surface area contributed by atoms with E-state index < -0.39 is 0 Å². The average molecular weight is 343 g/mol. The Morgan fingerprint density at radius 1 is 1.21 bits per heavy atom. The summed E-state index contributed by atoms with van der Waals surface area (Å²) >= 11 is 6.00. The summed E-state index contributed by atoms with van der Waals surface area (Å²) in [4.78, 5) is 26.1. The second-order valence-electron chi connectivity index (χ2n) is 5.95. The van der Waals surface area contributed by atoms with E-state index in [1.165, 1.54) is 0 Å². The van der Waals surface area contributed by atoms with Crippen molar-refractivity contribution < 1.29 is 9.59 Å². The molecule has 124 valence electrons. The number of carbonyl (C=O) groups is 2. The van der Waals surface area contributed by atoms with Gasteiger partial charge in [0.15, 0.2) is 0 Å². The van der Waals surface area contributed by atoms with Gasteiger partial charge in [-0.2, -0.15) is 0 Å². The Bertz CT molecular complexity index is 775. The Morgan fingerprint density at radius 3 is 2.71 bits per heavy atom. The fourth-order valence-electron chi connectivity index (χ4n) is 2.88. The molecule has 1 saturated heterocycles. The highest BCUT2D eigenvalue weighted by atomic mass is 35.5. The number of anilines is 1. The average Bonchev–Trinajstić information content (AvgIpc) is 3.01. The molecule has 1 fully saturated rings. The molecule has 1 heterocycles. The molecule has 0 spiro atoms. The Hall–Kier alpha value is -2.33. The Balaban J connectivity index is 1.74. The summed E-state index contributed by atoms with van der Waals surface area (Å²) in [6.45, 7) is 2.63. The first-order valence-electron chi connectivity index (χ1n) is 8.01. The number of hydrogen-bond donors (Lipinski definition) is 1. The van der Waals surface area contributed by atoms with Crippen molar-refractivity contribution in [3.05, 3.63) is 64.7 Å². The SMILES string of the molecule is C[C@H](NC(=O)c1cccc(N2CCCC2=O)c1)c1cccc(Cl)c1. The van der Waals surface area contributed by atoms with E-state index in [2.05, 4.69) is 5.32 Å². The van der Waals surface area contributed by atoms with E-state index in [0.29, 0.717) is 23.6 Å². The molecule has 1 N–H and O–H groups in total. The molecular weight excluding hydrogens is 324 g/mol. The topological polar surface area (TPSA) is 49.4 Å². The van der Waals surface area contributed by atoms with Crippen LogP contribution in [-0.2, 0) is 4.79 Å². The number of halogens is 1. The zero-order valence-corrected chi connectivity index (χ0v) is 14.2. The van der Waals surface area contributed by atoms with Crippen LogP contribution in [0.25, 0.3) is 0 Å². The fourth-order valence-corrected chi connectivity index (χ4v) is 3.07. The third-order valence-electron chi connectivity index (χ3n) is 4.19. The van der Waals surface area contributed by atoms with Gasteiger partial charge in [-0.05, 0) is 49.2 Å². The summed E-state index contributed by atoms with van der Waals surface area (Å²) in [5.74, 6) is -0.0594. The monoisotopic (exact) mass is 342 g/mol. The van der Waals surface area contributed by atoms with Gasteiger partial charge in [0.1, 0.15) is 0 Å². The quantitative estimate of drug-likeness (QED) is 0.914. The maximum atomic E-state index is 12.5. The highest BCUT2D eigenvalue weighted by molar-refractivity contribution is 6.30. The van der Waals surface area contributed by atoms with Crippen LogP contribution >= 0.6 is 11.6 Å². The summed E-state index contributed by atoms with van der Waals surface area (Å²) in [6, 6.07) is 14.5. The van der Waals surface area contributed by atoms with Gasteiger partial charge in [0.2, 0.25) is 5.91 Å². The van der Waals surface area contributed by atoms with Crippen LogP contribution in [0.4, 0.5) is 5.69 Å². The predicted molar refractivity (Wildman–Crippen MR) is 95.4 cm³/mol. The maximum Gasteiger partial charge on any atom is 0.251 e. The van der Waals surface area contributed by atoms with Crippen LogP contribution in [0, 0.1) is 0 Å². The van der Waals surface area contributed by atoms with Crippen molar-refractivity contribution >= 4 is 29.1 Å². The van der Waals surface area contributed by atoms with Crippen LogP contribution < -0.4 is 10.2 Å². The summed E-state index contributed by atoms with van der Waals surface area (Å²) in [7, 11) is 0. The van der Waals surface area contributed by atoms with Crippen LogP contribution in [0.1, 0.15) is 41.7 Å². The number of carbonyl (C=O) groups excluding carboxylic acids is 2. The smallest absolute Gasteiger partial charge is 0.251 e. The molecule has 1 aliphatic rings. The number of rotatable bonds is 4. The lowest BCUT2D eigenvalue weighted by atomic mass is 10.1. The molecular formula is C19H19ClN2O2. The largest absolute Gasteiger partial charge is 0.346 e. The summed E-state index contributed by atoms with van der Waals surface area (Å²) in [6.07, 6.45) is 1.43. The second-order valence-corrected chi connectivity index (χ2v) is 6.39. The van der Waals surface area contributed by atoms with E-state index in [-0.39, 0.29) is 17.9 Å². The van der Waals surface area contributed by atoms with Gasteiger partial charge < -0.3 is 10.2 Å². The van der Waals surface area contributed by atoms with Gasteiger partial charge in [0.25, 0.3) is 5.91 Å². The molecule has 1 atom stereocenters. The highest BCUT2D eigenvalue weighted by Gasteiger charge is 2.22. The van der Waals surface area contributed by atoms with Crippen molar-refractivity contribution in [3.8, 4) is 0 Å². The number of amides is 2. The molecule has 24 heavy (non-hydrogen) atoms. The van der Waals surface area contributed by atoms with E-state index in [9.17, 15) is 9.59 Å². The number of nitrogens with one attached hydrogen (secondary N) is 1. The molecule has 2 aromatic rings. The number of benzene rings is 2. The van der Waals surface area contributed by atoms with E-state index in [1.54, 1.807) is 29.2 Å². The van der Waals surface area contributed by atoms with Crippen molar-refractivity contribution in [1.82, 2.24) is 5.32 Å². The minimum atomic E-state index is -0.170. The fraction of sp³-hybridized carbons (Fsp3) is 0.263. The van der Waals surface area contributed by atoms with Crippen molar-refractivity contribution in [2.75, 3.05) is 11.4 Å². The van der Waals surface area contributed by atoms with Crippen molar-refractivity contribution in [1.29, 1.82) is 0 Å². The molecule has 2 aromatic carbocycles. The van der Waals surface area contributed by atoms with E-state index >= 15 is 0 Å². The molecule has 0 aliphatic carbocycles. The molecule has 1 aliphatic heterocycles. The standard InChI is InChI=1S/C19H19ClN2O2/c1-13(14-5-2-7-16(20)11-14)21-19(24)15-6-3-8-17(12-15)22-10-4-9-18(22)23/h2-3,5-8,11-13H,4,9-10H2,1H3,(H,21,24)/t13-/m0/s1. The van der Waals surface area contributed by atoms with Crippen molar-refractivity contribution in [2.45, 2.75) is 25.8 Å². The lowest BCUT2D eigenvalue weighted by molar-refractivity contribution is -0.117. The summed E-state index contributed by atoms with van der Waals surface area (Å²) in [5, 5.41) is 3.61. The van der Waals surface area contributed by atoms with E-state index in [0.717, 1.165) is 17.7 Å². The zero-order chi connectivity index (χ0) is 17.1. The maximum absolute atomic E-state index is 12.5. The molecule has 0 bridgehead atoms. The third kappa shape index (κ3) is 3.60. The van der Waals surface area contributed by atoms with Crippen molar-refractivity contribution in [3.63, 3.8) is 0 Å². The van der Waals surface area contributed by atoms with Crippen LogP contribution in [0.3, 0.4) is 0 Å². The van der Waals surface area contributed by atoms with Crippen LogP contribution in [0.15, 0.2) is 48.5 Å². The number of hydrogen-bond acceptors (Lipinski definition) is 2. The summed E-state index contributed by atoms with van der Waals surface area (Å²) < 4.78 is 0. The molecule has 0 radical (unpaired) electrons. The lowest BCUT2D eigenvalue weighted by Crippen LogP contribution is -2.27. The first kappa shape index (κ1) is 16.5. The van der Waals surface area contributed by atoms with Gasteiger partial charge in [-0.15, -0.1) is 0 Å². The van der Waals surface area contributed by atoms with Crippen LogP contribution in [0.2, 0.25) is 5.02 Å². The molecule has 2 amide bonds. The van der Waals surface area contributed by atoms with Gasteiger partial charge in [-0.3, -0.25) is 9.59 Å². The van der Waals surface area contributed by atoms with Crippen LogP contribution in [-0.4, -0.2) is 18.4 Å². The predicted octanol–water partition coefficient (Wildman–Crippen LogP) is 3.96. The third-order valence-corrected chi connectivity index (χ3v) is 4.42. The molecule has 0 saturated carbocycles. The minimum Gasteiger partial charge on any atom is -0.346 e. The molecule has 4 nitrogen and oxygen atoms in total. The van der Waals surface area contributed by atoms with Crippen molar-refractivity contribution in [2.24, 2.45) is 0 Å². The van der Waals surface area contributed by atoms with Gasteiger partial charge in [0.05, 0.1) is 6.04 Å². The lowest BCUT2D eigenvalue weighted by Gasteiger charge is -2.18. The van der Waals surface area contributed by atoms with E-state index in [1.807, 2.05) is 31.2 Å². The Labute approximate surface area is 146 Å².